The van der Waals surface area contributed by atoms with Gasteiger partial charge in [-0.3, -0.25) is 14.5 Å². The third kappa shape index (κ3) is 3.46. The van der Waals surface area contributed by atoms with E-state index in [0.717, 1.165) is 74.4 Å². The number of aromatic nitrogens is 2. The predicted octanol–water partition coefficient (Wildman–Crippen LogP) is 3.33. The molecule has 6 heteroatoms. The van der Waals surface area contributed by atoms with Gasteiger partial charge in [0.1, 0.15) is 5.82 Å². The van der Waals surface area contributed by atoms with Gasteiger partial charge in [0.05, 0.1) is 6.04 Å². The Hall–Kier alpha value is -1.98. The Labute approximate surface area is 161 Å². The summed E-state index contributed by atoms with van der Waals surface area (Å²) in [7, 11) is 1.79. The summed E-state index contributed by atoms with van der Waals surface area (Å²) in [5.74, 6) is 2.02. The number of piperidine rings is 1. The standard InChI is InChI=1S/C21H30N4O2/c1-14-16-11-12-18(26)24(2)20(16)23-19(22-14)17-10-6-7-13-25(17)21(27)15-8-4-3-5-9-15/h15,17H,3-13H2,1-2H3. The second-order valence-corrected chi connectivity index (χ2v) is 8.30. The first-order chi connectivity index (χ1) is 13.1. The zero-order valence-electron chi connectivity index (χ0n) is 16.5. The Kier molecular flexibility index (Phi) is 5.15. The fourth-order valence-electron chi connectivity index (χ4n) is 4.89. The first-order valence-electron chi connectivity index (χ1n) is 10.5. The van der Waals surface area contributed by atoms with Gasteiger partial charge in [-0.05, 0) is 45.4 Å². The van der Waals surface area contributed by atoms with E-state index in [1.165, 1.54) is 6.42 Å². The smallest absolute Gasteiger partial charge is 0.228 e. The summed E-state index contributed by atoms with van der Waals surface area (Å²) >= 11 is 0. The van der Waals surface area contributed by atoms with Gasteiger partial charge < -0.3 is 4.90 Å². The largest absolute Gasteiger partial charge is 0.332 e. The zero-order valence-corrected chi connectivity index (χ0v) is 16.5. The maximum atomic E-state index is 13.2. The van der Waals surface area contributed by atoms with Crippen molar-refractivity contribution < 1.29 is 9.59 Å². The van der Waals surface area contributed by atoms with Crippen LogP contribution in [0.1, 0.15) is 80.9 Å². The number of aryl methyl sites for hydroxylation is 1. The van der Waals surface area contributed by atoms with E-state index in [1.54, 1.807) is 11.9 Å². The number of anilines is 1. The summed E-state index contributed by atoms with van der Waals surface area (Å²) in [5, 5.41) is 0. The van der Waals surface area contributed by atoms with Crippen LogP contribution in [0.5, 0.6) is 0 Å². The summed E-state index contributed by atoms with van der Waals surface area (Å²) in [5.41, 5.74) is 2.02. The molecule has 0 aromatic carbocycles. The number of nitrogens with zero attached hydrogens (tertiary/aromatic N) is 4. The van der Waals surface area contributed by atoms with Gasteiger partial charge in [-0.25, -0.2) is 9.97 Å². The van der Waals surface area contributed by atoms with Crippen LogP contribution in [-0.4, -0.2) is 40.3 Å². The monoisotopic (exact) mass is 370 g/mol. The summed E-state index contributed by atoms with van der Waals surface area (Å²) < 4.78 is 0. The molecule has 27 heavy (non-hydrogen) atoms. The number of carbonyl (C=O) groups is 2. The number of rotatable bonds is 2. The van der Waals surface area contributed by atoms with Gasteiger partial charge >= 0.3 is 0 Å². The molecule has 3 aliphatic rings. The summed E-state index contributed by atoms with van der Waals surface area (Å²) in [6, 6.07) is -0.0531. The zero-order chi connectivity index (χ0) is 19.0. The normalized spacial score (nSPS) is 24.1. The molecule has 4 rings (SSSR count). The van der Waals surface area contributed by atoms with Crippen LogP contribution in [0, 0.1) is 12.8 Å². The molecule has 1 saturated heterocycles. The predicted molar refractivity (Wildman–Crippen MR) is 103 cm³/mol. The van der Waals surface area contributed by atoms with Gasteiger partial charge in [0.25, 0.3) is 0 Å². The van der Waals surface area contributed by atoms with Crippen molar-refractivity contribution in [2.24, 2.45) is 5.92 Å². The van der Waals surface area contributed by atoms with Crippen molar-refractivity contribution in [2.45, 2.75) is 77.2 Å². The number of amides is 2. The maximum absolute atomic E-state index is 13.2. The van der Waals surface area contributed by atoms with Crippen LogP contribution in [0.15, 0.2) is 0 Å². The van der Waals surface area contributed by atoms with E-state index < -0.39 is 0 Å². The fraction of sp³-hybridized carbons (Fsp3) is 0.714. The molecular formula is C21H30N4O2. The quantitative estimate of drug-likeness (QED) is 0.801. The SMILES string of the molecule is Cc1nc(C2CCCCN2C(=O)C2CCCCC2)nc2c1CCC(=O)N2C. The van der Waals surface area contributed by atoms with Crippen molar-refractivity contribution in [3.05, 3.63) is 17.1 Å². The number of fused-ring (bicyclic) bond motifs is 1. The molecule has 0 N–H and O–H groups in total. The third-order valence-electron chi connectivity index (χ3n) is 6.53. The van der Waals surface area contributed by atoms with Gasteiger partial charge in [0.15, 0.2) is 5.82 Å². The van der Waals surface area contributed by atoms with Crippen LogP contribution in [-0.2, 0) is 16.0 Å². The minimum atomic E-state index is -0.0531. The van der Waals surface area contributed by atoms with Crippen LogP contribution < -0.4 is 4.90 Å². The van der Waals surface area contributed by atoms with Crippen molar-refractivity contribution in [1.29, 1.82) is 0 Å². The number of hydrogen-bond donors (Lipinski definition) is 0. The van der Waals surface area contributed by atoms with E-state index in [9.17, 15) is 9.59 Å². The van der Waals surface area contributed by atoms with Crippen LogP contribution in [0.3, 0.4) is 0 Å². The van der Waals surface area contributed by atoms with E-state index in [2.05, 4.69) is 0 Å². The van der Waals surface area contributed by atoms with Crippen LogP contribution in [0.2, 0.25) is 0 Å². The highest BCUT2D eigenvalue weighted by Gasteiger charge is 2.35. The molecule has 2 amide bonds. The van der Waals surface area contributed by atoms with E-state index in [4.69, 9.17) is 9.97 Å². The molecule has 1 atom stereocenters. The highest BCUT2D eigenvalue weighted by molar-refractivity contribution is 5.94. The van der Waals surface area contributed by atoms with E-state index in [-0.39, 0.29) is 17.9 Å². The Morgan fingerprint density at radius 1 is 1.00 bits per heavy atom. The molecule has 1 saturated carbocycles. The number of hydrogen-bond acceptors (Lipinski definition) is 4. The lowest BCUT2D eigenvalue weighted by molar-refractivity contribution is -0.140. The minimum absolute atomic E-state index is 0.0531. The Balaban J connectivity index is 1.65. The van der Waals surface area contributed by atoms with Crippen molar-refractivity contribution in [2.75, 3.05) is 18.5 Å². The third-order valence-corrected chi connectivity index (χ3v) is 6.53. The summed E-state index contributed by atoms with van der Waals surface area (Å²) in [4.78, 5) is 38.7. The summed E-state index contributed by atoms with van der Waals surface area (Å²) in [6.07, 6.45) is 9.89. The molecule has 0 radical (unpaired) electrons. The molecular weight excluding hydrogens is 340 g/mol. The van der Waals surface area contributed by atoms with Crippen LogP contribution in [0.25, 0.3) is 0 Å². The molecule has 0 bridgehead atoms. The highest BCUT2D eigenvalue weighted by atomic mass is 16.2. The molecule has 1 aliphatic carbocycles. The summed E-state index contributed by atoms with van der Waals surface area (Å²) in [6.45, 7) is 2.80. The van der Waals surface area contributed by atoms with Gasteiger partial charge in [-0.1, -0.05) is 19.3 Å². The molecule has 0 spiro atoms. The van der Waals surface area contributed by atoms with Crippen molar-refractivity contribution in [1.82, 2.24) is 14.9 Å². The lowest BCUT2D eigenvalue weighted by Crippen LogP contribution is -2.43. The molecule has 1 aromatic heterocycles. The molecule has 3 heterocycles. The Bertz CT molecular complexity index is 742. The van der Waals surface area contributed by atoms with Gasteiger partial charge in [-0.2, -0.15) is 0 Å². The molecule has 1 aromatic rings. The Morgan fingerprint density at radius 3 is 2.52 bits per heavy atom. The second kappa shape index (κ2) is 7.56. The number of carbonyl (C=O) groups excluding carboxylic acids is 2. The van der Waals surface area contributed by atoms with Crippen molar-refractivity contribution in [3.63, 3.8) is 0 Å². The van der Waals surface area contributed by atoms with Crippen LogP contribution >= 0.6 is 0 Å². The second-order valence-electron chi connectivity index (χ2n) is 8.30. The molecule has 2 aliphatic heterocycles. The molecule has 146 valence electrons. The van der Waals surface area contributed by atoms with Crippen molar-refractivity contribution >= 4 is 17.6 Å². The molecule has 1 unspecified atom stereocenters. The van der Waals surface area contributed by atoms with Gasteiger partial charge in [0, 0.05) is 37.2 Å². The maximum Gasteiger partial charge on any atom is 0.228 e. The van der Waals surface area contributed by atoms with Crippen molar-refractivity contribution in [3.8, 4) is 0 Å². The fourth-order valence-corrected chi connectivity index (χ4v) is 4.89. The topological polar surface area (TPSA) is 66.4 Å². The number of likely N-dealkylation sites (tertiary alicyclic amines) is 1. The van der Waals surface area contributed by atoms with E-state index >= 15 is 0 Å². The van der Waals surface area contributed by atoms with E-state index in [0.29, 0.717) is 18.7 Å². The lowest BCUT2D eigenvalue weighted by Gasteiger charge is -2.38. The molecule has 2 fully saturated rings. The Morgan fingerprint density at radius 2 is 1.74 bits per heavy atom. The molecule has 6 nitrogen and oxygen atoms in total. The first-order valence-corrected chi connectivity index (χ1v) is 10.5. The highest BCUT2D eigenvalue weighted by Crippen LogP contribution is 2.36. The minimum Gasteiger partial charge on any atom is -0.332 e. The lowest BCUT2D eigenvalue weighted by atomic mass is 9.87. The van der Waals surface area contributed by atoms with Gasteiger partial charge in [0.2, 0.25) is 11.8 Å². The van der Waals surface area contributed by atoms with E-state index in [1.807, 2.05) is 11.8 Å². The first kappa shape index (κ1) is 18.4. The van der Waals surface area contributed by atoms with Crippen LogP contribution in [0.4, 0.5) is 5.82 Å². The van der Waals surface area contributed by atoms with Gasteiger partial charge in [-0.15, -0.1) is 0 Å². The average molecular weight is 370 g/mol. The average Bonchev–Trinajstić information content (AvgIpc) is 2.71.